The Bertz CT molecular complexity index is 1050. The number of carbonyl (C=O) groups is 2. The van der Waals surface area contributed by atoms with E-state index < -0.39 is 5.97 Å². The number of thiophene rings is 1. The Kier molecular flexibility index (Phi) is 5.89. The Morgan fingerprint density at radius 3 is 2.70 bits per heavy atom. The van der Waals surface area contributed by atoms with Crippen molar-refractivity contribution in [2.45, 2.75) is 31.9 Å². The van der Waals surface area contributed by atoms with Crippen molar-refractivity contribution in [1.82, 2.24) is 15.3 Å². The van der Waals surface area contributed by atoms with Crippen molar-refractivity contribution in [3.63, 3.8) is 0 Å². The van der Waals surface area contributed by atoms with Crippen molar-refractivity contribution < 1.29 is 19.4 Å². The van der Waals surface area contributed by atoms with Crippen LogP contribution in [0.2, 0.25) is 0 Å². The average Bonchev–Trinajstić information content (AvgIpc) is 3.18. The summed E-state index contributed by atoms with van der Waals surface area (Å²) < 4.78 is 5.67. The molecule has 4 rings (SSSR count). The van der Waals surface area contributed by atoms with Gasteiger partial charge in [0, 0.05) is 11.4 Å². The Labute approximate surface area is 177 Å². The minimum atomic E-state index is -0.981. The number of hydrogen-bond donors (Lipinski definition) is 3. The number of amides is 2. The second-order valence-corrected chi connectivity index (χ2v) is 7.85. The molecule has 0 radical (unpaired) electrons. The summed E-state index contributed by atoms with van der Waals surface area (Å²) in [5.41, 5.74) is 2.25. The van der Waals surface area contributed by atoms with Gasteiger partial charge in [-0.15, -0.1) is 11.3 Å². The SMILES string of the molecule is O=C(Nc1csc(-c2cncc(COc3ccc(C(=O)O)cc3)n2)c1)NC1CCC1. The Hall–Kier alpha value is -3.46. The fraction of sp³-hybridized carbons (Fsp3) is 0.238. The molecule has 3 aromatic rings. The summed E-state index contributed by atoms with van der Waals surface area (Å²) in [5, 5.41) is 16.6. The molecule has 2 amide bonds. The summed E-state index contributed by atoms with van der Waals surface area (Å²) in [6, 6.07) is 8.14. The number of nitrogens with one attached hydrogen (secondary N) is 2. The van der Waals surface area contributed by atoms with Crippen molar-refractivity contribution in [2.75, 3.05) is 5.32 Å². The van der Waals surface area contributed by atoms with Gasteiger partial charge in [0.05, 0.1) is 39.9 Å². The molecule has 0 saturated heterocycles. The molecule has 1 aliphatic carbocycles. The standard InChI is InChI=1S/C21H20N4O4S/c26-20(27)13-4-6-17(7-5-13)29-11-16-9-22-10-18(23-16)19-8-15(12-30-19)25-21(28)24-14-2-1-3-14/h4-10,12,14H,1-3,11H2,(H,26,27)(H2,24,25,28). The number of ether oxygens (including phenoxy) is 1. The van der Waals surface area contributed by atoms with Crippen molar-refractivity contribution in [1.29, 1.82) is 0 Å². The zero-order valence-corrected chi connectivity index (χ0v) is 16.8. The van der Waals surface area contributed by atoms with E-state index >= 15 is 0 Å². The second kappa shape index (κ2) is 8.91. The zero-order chi connectivity index (χ0) is 20.9. The molecule has 0 aliphatic heterocycles. The van der Waals surface area contributed by atoms with Gasteiger partial charge in [-0.2, -0.15) is 0 Å². The maximum absolute atomic E-state index is 12.0. The van der Waals surface area contributed by atoms with E-state index in [0.29, 0.717) is 22.8 Å². The third-order valence-corrected chi connectivity index (χ3v) is 5.68. The third kappa shape index (κ3) is 4.93. The smallest absolute Gasteiger partial charge is 0.335 e. The number of carboxylic acid groups (broad SMARTS) is 1. The van der Waals surface area contributed by atoms with Gasteiger partial charge in [0.2, 0.25) is 0 Å². The number of benzene rings is 1. The number of anilines is 1. The Morgan fingerprint density at radius 1 is 1.20 bits per heavy atom. The molecule has 1 aliphatic rings. The number of rotatable bonds is 7. The predicted molar refractivity (Wildman–Crippen MR) is 113 cm³/mol. The molecule has 1 fully saturated rings. The van der Waals surface area contributed by atoms with E-state index in [1.54, 1.807) is 24.5 Å². The van der Waals surface area contributed by atoms with E-state index in [1.165, 1.54) is 29.9 Å². The molecular formula is C21H20N4O4S. The molecule has 2 heterocycles. The maximum Gasteiger partial charge on any atom is 0.335 e. The minimum absolute atomic E-state index is 0.189. The number of nitrogens with zero attached hydrogens (tertiary/aromatic N) is 2. The van der Waals surface area contributed by atoms with Crippen LogP contribution >= 0.6 is 11.3 Å². The summed E-state index contributed by atoms with van der Waals surface area (Å²) in [5.74, 6) is -0.433. The molecule has 154 valence electrons. The van der Waals surface area contributed by atoms with Gasteiger partial charge in [-0.05, 0) is 49.6 Å². The molecule has 8 nitrogen and oxygen atoms in total. The lowest BCUT2D eigenvalue weighted by molar-refractivity contribution is 0.0697. The number of hydrogen-bond acceptors (Lipinski definition) is 6. The van der Waals surface area contributed by atoms with E-state index in [2.05, 4.69) is 20.6 Å². The zero-order valence-electron chi connectivity index (χ0n) is 16.0. The number of aromatic carboxylic acids is 1. The first-order valence-corrected chi connectivity index (χ1v) is 10.4. The molecule has 0 bridgehead atoms. The molecule has 0 unspecified atom stereocenters. The number of aromatic nitrogens is 2. The number of carbonyl (C=O) groups excluding carboxylic acids is 1. The third-order valence-electron chi connectivity index (χ3n) is 4.72. The van der Waals surface area contributed by atoms with Gasteiger partial charge in [-0.25, -0.2) is 14.6 Å². The maximum atomic E-state index is 12.0. The molecule has 2 aromatic heterocycles. The van der Waals surface area contributed by atoms with Crippen LogP contribution in [-0.2, 0) is 6.61 Å². The molecule has 1 aromatic carbocycles. The van der Waals surface area contributed by atoms with E-state index in [0.717, 1.165) is 17.7 Å². The average molecular weight is 424 g/mol. The highest BCUT2D eigenvalue weighted by molar-refractivity contribution is 7.14. The fourth-order valence-corrected chi connectivity index (χ4v) is 3.68. The van der Waals surface area contributed by atoms with E-state index in [1.807, 2.05) is 11.4 Å². The van der Waals surface area contributed by atoms with Crippen molar-refractivity contribution in [3.8, 4) is 16.3 Å². The van der Waals surface area contributed by atoms with Gasteiger partial charge >= 0.3 is 12.0 Å². The van der Waals surface area contributed by atoms with Gasteiger partial charge in [-0.3, -0.25) is 4.98 Å². The molecule has 0 spiro atoms. The molecule has 0 atom stereocenters. The van der Waals surface area contributed by atoms with E-state index in [-0.39, 0.29) is 24.2 Å². The normalized spacial score (nSPS) is 13.3. The molecule has 1 saturated carbocycles. The summed E-state index contributed by atoms with van der Waals surface area (Å²) in [6.07, 6.45) is 6.52. The summed E-state index contributed by atoms with van der Waals surface area (Å²) in [7, 11) is 0. The number of urea groups is 1. The van der Waals surface area contributed by atoms with Gasteiger partial charge < -0.3 is 20.5 Å². The summed E-state index contributed by atoms with van der Waals surface area (Å²) in [4.78, 5) is 32.6. The highest BCUT2D eigenvalue weighted by atomic mass is 32.1. The highest BCUT2D eigenvalue weighted by Crippen LogP contribution is 2.28. The van der Waals surface area contributed by atoms with E-state index in [9.17, 15) is 9.59 Å². The van der Waals surface area contributed by atoms with Crippen LogP contribution in [0.25, 0.3) is 10.6 Å². The van der Waals surface area contributed by atoms with Crippen molar-refractivity contribution >= 4 is 29.0 Å². The lowest BCUT2D eigenvalue weighted by Gasteiger charge is -2.26. The van der Waals surface area contributed by atoms with Gasteiger partial charge in [0.15, 0.2) is 0 Å². The number of carboxylic acids is 1. The monoisotopic (exact) mass is 424 g/mol. The minimum Gasteiger partial charge on any atom is -0.487 e. The van der Waals surface area contributed by atoms with Gasteiger partial charge in [0.1, 0.15) is 12.4 Å². The molecule has 9 heteroatoms. The lowest BCUT2D eigenvalue weighted by atomic mass is 9.93. The van der Waals surface area contributed by atoms with Crippen LogP contribution in [0.5, 0.6) is 5.75 Å². The molecule has 30 heavy (non-hydrogen) atoms. The topological polar surface area (TPSA) is 113 Å². The quantitative estimate of drug-likeness (QED) is 0.525. The van der Waals surface area contributed by atoms with E-state index in [4.69, 9.17) is 9.84 Å². The van der Waals surface area contributed by atoms with Crippen LogP contribution < -0.4 is 15.4 Å². The summed E-state index contributed by atoms with van der Waals surface area (Å²) in [6.45, 7) is 0.202. The van der Waals surface area contributed by atoms with Crippen LogP contribution in [0.4, 0.5) is 10.5 Å². The molecular weight excluding hydrogens is 404 g/mol. The largest absolute Gasteiger partial charge is 0.487 e. The fourth-order valence-electron chi connectivity index (χ4n) is 2.89. The van der Waals surface area contributed by atoms with Crippen LogP contribution in [0.3, 0.4) is 0 Å². The summed E-state index contributed by atoms with van der Waals surface area (Å²) >= 11 is 1.47. The Balaban J connectivity index is 1.36. The van der Waals surface area contributed by atoms with Crippen LogP contribution in [0.1, 0.15) is 35.3 Å². The van der Waals surface area contributed by atoms with Crippen LogP contribution in [0.15, 0.2) is 48.1 Å². The van der Waals surface area contributed by atoms with Crippen molar-refractivity contribution in [3.05, 3.63) is 59.4 Å². The highest BCUT2D eigenvalue weighted by Gasteiger charge is 2.19. The van der Waals surface area contributed by atoms with Gasteiger partial charge in [-0.1, -0.05) is 0 Å². The van der Waals surface area contributed by atoms with Crippen LogP contribution in [-0.4, -0.2) is 33.1 Å². The van der Waals surface area contributed by atoms with Crippen LogP contribution in [0, 0.1) is 0 Å². The first-order chi connectivity index (χ1) is 14.6. The van der Waals surface area contributed by atoms with Gasteiger partial charge in [0.25, 0.3) is 0 Å². The second-order valence-electron chi connectivity index (χ2n) is 6.94. The predicted octanol–water partition coefficient (Wildman–Crippen LogP) is 4.16. The Morgan fingerprint density at radius 2 is 2.00 bits per heavy atom. The van der Waals surface area contributed by atoms with Crippen molar-refractivity contribution in [2.24, 2.45) is 0 Å². The lowest BCUT2D eigenvalue weighted by Crippen LogP contribution is -2.41. The molecule has 3 N–H and O–H groups in total. The first-order valence-electron chi connectivity index (χ1n) is 9.50. The first kappa shape index (κ1) is 19.8.